The second-order valence-electron chi connectivity index (χ2n) is 4.31. The van der Waals surface area contributed by atoms with Gasteiger partial charge in [-0.1, -0.05) is 23.4 Å². The van der Waals surface area contributed by atoms with E-state index in [1.165, 1.54) is 6.07 Å². The van der Waals surface area contributed by atoms with Gasteiger partial charge in [0.25, 0.3) is 0 Å². The van der Waals surface area contributed by atoms with Gasteiger partial charge in [0.1, 0.15) is 5.82 Å². The average molecular weight is 235 g/mol. The molecule has 4 nitrogen and oxygen atoms in total. The fourth-order valence-corrected chi connectivity index (χ4v) is 1.82. The van der Waals surface area contributed by atoms with Crippen LogP contribution in [-0.4, -0.2) is 20.1 Å². The summed E-state index contributed by atoms with van der Waals surface area (Å²) in [5.41, 5.74) is -0.395. The molecule has 0 aliphatic heterocycles. The Morgan fingerprint density at radius 3 is 2.71 bits per heavy atom. The molecule has 17 heavy (non-hydrogen) atoms. The van der Waals surface area contributed by atoms with Gasteiger partial charge in [-0.15, -0.1) is 5.10 Å². The van der Waals surface area contributed by atoms with Crippen molar-refractivity contribution in [2.45, 2.75) is 18.9 Å². The lowest BCUT2D eigenvalue weighted by Crippen LogP contribution is -2.25. The zero-order valence-corrected chi connectivity index (χ0v) is 9.76. The first-order valence-electron chi connectivity index (χ1n) is 5.31. The summed E-state index contributed by atoms with van der Waals surface area (Å²) in [5, 5.41) is 18.0. The van der Waals surface area contributed by atoms with E-state index in [0.717, 1.165) is 0 Å². The van der Waals surface area contributed by atoms with E-state index >= 15 is 0 Å². The number of halogens is 1. The lowest BCUT2D eigenvalue weighted by Gasteiger charge is -2.23. The smallest absolute Gasteiger partial charge is 0.129 e. The molecule has 0 spiro atoms. The molecule has 1 N–H and O–H groups in total. The molecule has 1 atom stereocenters. The molecule has 0 aliphatic carbocycles. The molecule has 1 aromatic carbocycles. The Morgan fingerprint density at radius 2 is 2.12 bits per heavy atom. The lowest BCUT2D eigenvalue weighted by atomic mass is 9.91. The molecule has 90 valence electrons. The summed E-state index contributed by atoms with van der Waals surface area (Å²) >= 11 is 0. The van der Waals surface area contributed by atoms with Crippen molar-refractivity contribution < 1.29 is 9.50 Å². The molecule has 1 heterocycles. The Bertz CT molecular complexity index is 522. The molecule has 0 aliphatic rings. The van der Waals surface area contributed by atoms with E-state index in [2.05, 4.69) is 10.3 Å². The number of aromatic nitrogens is 3. The average Bonchev–Trinajstić information content (AvgIpc) is 2.63. The number of aliphatic hydroxyl groups is 1. The van der Waals surface area contributed by atoms with Crippen molar-refractivity contribution in [1.82, 2.24) is 15.0 Å². The van der Waals surface area contributed by atoms with Gasteiger partial charge in [-0.3, -0.25) is 4.68 Å². The van der Waals surface area contributed by atoms with Crippen LogP contribution in [0.2, 0.25) is 0 Å². The molecule has 1 unspecified atom stereocenters. The number of hydrogen-bond donors (Lipinski definition) is 1. The van der Waals surface area contributed by atoms with Crippen molar-refractivity contribution in [3.8, 4) is 0 Å². The molecule has 0 bridgehead atoms. The SMILES string of the molecule is Cn1cc(CC(C)(O)c2ccccc2F)nn1. The van der Waals surface area contributed by atoms with Crippen LogP contribution in [0.3, 0.4) is 0 Å². The summed E-state index contributed by atoms with van der Waals surface area (Å²) < 4.78 is 15.1. The van der Waals surface area contributed by atoms with Crippen LogP contribution in [0.5, 0.6) is 0 Å². The van der Waals surface area contributed by atoms with Crippen LogP contribution in [0, 0.1) is 5.82 Å². The third-order valence-corrected chi connectivity index (χ3v) is 2.63. The molecule has 1 aromatic heterocycles. The molecular weight excluding hydrogens is 221 g/mol. The molecule has 2 aromatic rings. The summed E-state index contributed by atoms with van der Waals surface area (Å²) in [6.07, 6.45) is 1.93. The van der Waals surface area contributed by atoms with E-state index in [0.29, 0.717) is 5.69 Å². The predicted octanol–water partition coefficient (Wildman–Crippen LogP) is 1.40. The highest BCUT2D eigenvalue weighted by molar-refractivity contribution is 5.25. The van der Waals surface area contributed by atoms with Crippen LogP contribution in [-0.2, 0) is 19.1 Å². The first-order chi connectivity index (χ1) is 7.99. The molecule has 0 radical (unpaired) electrons. The monoisotopic (exact) mass is 235 g/mol. The van der Waals surface area contributed by atoms with Gasteiger partial charge in [0, 0.05) is 25.2 Å². The molecule has 0 fully saturated rings. The third-order valence-electron chi connectivity index (χ3n) is 2.63. The summed E-state index contributed by atoms with van der Waals surface area (Å²) in [5.74, 6) is -0.415. The zero-order valence-electron chi connectivity index (χ0n) is 9.76. The fraction of sp³-hybridized carbons (Fsp3) is 0.333. The summed E-state index contributed by atoms with van der Waals surface area (Å²) in [6, 6.07) is 6.20. The highest BCUT2D eigenvalue weighted by Gasteiger charge is 2.27. The fourth-order valence-electron chi connectivity index (χ4n) is 1.82. The summed E-state index contributed by atoms with van der Waals surface area (Å²) in [6.45, 7) is 1.57. The third kappa shape index (κ3) is 2.50. The van der Waals surface area contributed by atoms with Gasteiger partial charge in [-0.05, 0) is 13.0 Å². The van der Waals surface area contributed by atoms with E-state index in [1.807, 2.05) is 0 Å². The van der Waals surface area contributed by atoms with E-state index in [-0.39, 0.29) is 12.0 Å². The highest BCUT2D eigenvalue weighted by Crippen LogP contribution is 2.26. The second kappa shape index (κ2) is 4.25. The van der Waals surface area contributed by atoms with E-state index in [1.54, 1.807) is 43.0 Å². The maximum absolute atomic E-state index is 13.6. The maximum atomic E-state index is 13.6. The molecule has 5 heteroatoms. The van der Waals surface area contributed by atoms with Crippen molar-refractivity contribution in [3.63, 3.8) is 0 Å². The van der Waals surface area contributed by atoms with Gasteiger partial charge in [-0.2, -0.15) is 0 Å². The maximum Gasteiger partial charge on any atom is 0.129 e. The quantitative estimate of drug-likeness (QED) is 0.875. The molecule has 2 rings (SSSR count). The summed E-state index contributed by atoms with van der Waals surface area (Å²) in [4.78, 5) is 0. The minimum absolute atomic E-state index is 0.224. The number of rotatable bonds is 3. The van der Waals surface area contributed by atoms with Crippen LogP contribution >= 0.6 is 0 Å². The van der Waals surface area contributed by atoms with Gasteiger partial charge < -0.3 is 5.11 Å². The Balaban J connectivity index is 2.27. The number of aryl methyl sites for hydroxylation is 1. The van der Waals surface area contributed by atoms with Gasteiger partial charge in [0.05, 0.1) is 11.3 Å². The van der Waals surface area contributed by atoms with E-state index in [9.17, 15) is 9.50 Å². The van der Waals surface area contributed by atoms with Crippen LogP contribution in [0.1, 0.15) is 18.2 Å². The van der Waals surface area contributed by atoms with Gasteiger partial charge in [0.2, 0.25) is 0 Å². The Hall–Kier alpha value is -1.75. The topological polar surface area (TPSA) is 50.9 Å². The Morgan fingerprint density at radius 1 is 1.41 bits per heavy atom. The van der Waals surface area contributed by atoms with E-state index < -0.39 is 11.4 Å². The molecular formula is C12H14FN3O. The lowest BCUT2D eigenvalue weighted by molar-refractivity contribution is 0.0527. The number of nitrogens with zero attached hydrogens (tertiary/aromatic N) is 3. The van der Waals surface area contributed by atoms with Crippen molar-refractivity contribution in [2.75, 3.05) is 0 Å². The van der Waals surface area contributed by atoms with Crippen molar-refractivity contribution >= 4 is 0 Å². The largest absolute Gasteiger partial charge is 0.385 e. The predicted molar refractivity (Wildman–Crippen MR) is 60.7 cm³/mol. The van der Waals surface area contributed by atoms with Crippen LogP contribution in [0.15, 0.2) is 30.5 Å². The molecule has 0 amide bonds. The summed E-state index contributed by atoms with van der Waals surface area (Å²) in [7, 11) is 1.74. The first kappa shape index (κ1) is 11.7. The minimum Gasteiger partial charge on any atom is -0.385 e. The normalized spacial score (nSPS) is 14.6. The minimum atomic E-state index is -1.29. The Labute approximate surface area is 98.7 Å². The van der Waals surface area contributed by atoms with Gasteiger partial charge in [-0.25, -0.2) is 4.39 Å². The molecule has 0 saturated carbocycles. The standard InChI is InChI=1S/C12H14FN3O/c1-12(17,7-9-8-16(2)15-14-9)10-5-3-4-6-11(10)13/h3-6,8,17H,7H2,1-2H3. The second-order valence-corrected chi connectivity index (χ2v) is 4.31. The number of hydrogen-bond acceptors (Lipinski definition) is 3. The first-order valence-corrected chi connectivity index (χ1v) is 5.31. The van der Waals surface area contributed by atoms with Gasteiger partial charge in [0.15, 0.2) is 0 Å². The molecule has 0 saturated heterocycles. The highest BCUT2D eigenvalue weighted by atomic mass is 19.1. The number of benzene rings is 1. The zero-order chi connectivity index (χ0) is 12.5. The van der Waals surface area contributed by atoms with Crippen molar-refractivity contribution in [1.29, 1.82) is 0 Å². The van der Waals surface area contributed by atoms with Crippen molar-refractivity contribution in [2.24, 2.45) is 7.05 Å². The van der Waals surface area contributed by atoms with Crippen LogP contribution in [0.25, 0.3) is 0 Å². The van der Waals surface area contributed by atoms with Crippen LogP contribution < -0.4 is 0 Å². The van der Waals surface area contributed by atoms with Crippen LogP contribution in [0.4, 0.5) is 4.39 Å². The Kier molecular flexibility index (Phi) is 2.93. The van der Waals surface area contributed by atoms with Crippen molar-refractivity contribution in [3.05, 3.63) is 47.5 Å². The van der Waals surface area contributed by atoms with E-state index in [4.69, 9.17) is 0 Å². The van der Waals surface area contributed by atoms with Gasteiger partial charge >= 0.3 is 0 Å².